The molecule has 5 N–H and O–H groups in total. The van der Waals surface area contributed by atoms with E-state index < -0.39 is 12.9 Å². The molecule has 64 valence electrons. The van der Waals surface area contributed by atoms with Crippen molar-refractivity contribution in [1.82, 2.24) is 6.15 Å². The molecule has 11 heavy (non-hydrogen) atoms. The van der Waals surface area contributed by atoms with Gasteiger partial charge in [-0.2, -0.15) is 0 Å². The summed E-state index contributed by atoms with van der Waals surface area (Å²) in [5.74, 6) is 0. The summed E-state index contributed by atoms with van der Waals surface area (Å²) >= 11 is 0. The molecule has 0 aromatic rings. The number of hydrogen-bond acceptors (Lipinski definition) is 6. The average molecular weight is 241 g/mol. The molecular weight excluding hydrogens is 236 g/mol. The molecule has 0 heterocycles. The Hall–Kier alpha value is -0.107. The number of nitrogens with zero attached hydrogens (tertiary/aromatic N) is 1. The molecule has 0 spiro atoms. The van der Waals surface area contributed by atoms with Gasteiger partial charge in [0.2, 0.25) is 0 Å². The molecule has 0 saturated heterocycles. The fourth-order valence-electron chi connectivity index (χ4n) is 0. The summed E-state index contributed by atoms with van der Waals surface area (Å²) in [5.41, 5.74) is 0. The molecule has 0 aliphatic heterocycles. The molecule has 0 atom stereocenters. The second kappa shape index (κ2) is 9.89. The van der Waals surface area contributed by atoms with Crippen LogP contribution in [0.3, 0.4) is 0 Å². The van der Waals surface area contributed by atoms with E-state index >= 15 is 0 Å². The molecule has 9 nitrogen and oxygen atoms in total. The van der Waals surface area contributed by atoms with Gasteiger partial charge in [0.25, 0.3) is 5.09 Å². The van der Waals surface area contributed by atoms with Gasteiger partial charge >= 0.3 is 19.5 Å². The van der Waals surface area contributed by atoms with E-state index in [0.29, 0.717) is 0 Å². The van der Waals surface area contributed by atoms with Crippen molar-refractivity contribution in [3.8, 4) is 0 Å². The Bertz CT molecular complexity index is 116. The summed E-state index contributed by atoms with van der Waals surface area (Å²) in [5, 5.41) is 13.6. The fraction of sp³-hybridized carbons (Fsp3) is 0. The zero-order chi connectivity index (χ0) is 8.08. The number of phosphoric acid groups is 1. The monoisotopic (exact) mass is 240 g/mol. The van der Waals surface area contributed by atoms with E-state index in [1.165, 1.54) is 0 Å². The number of rotatable bonds is 0. The molecule has 0 rings (SSSR count). The molecule has 0 fully saturated rings. The van der Waals surface area contributed by atoms with Crippen LogP contribution in [0.2, 0.25) is 0 Å². The first-order chi connectivity index (χ1) is 3.73. The van der Waals surface area contributed by atoms with Gasteiger partial charge in [-0.25, -0.2) is 0 Å². The smallest absolute Gasteiger partial charge is 0.790 e. The maximum Gasteiger partial charge on any atom is 2.00 e. The molecule has 0 radical (unpaired) electrons. The Kier molecular flexibility index (Phi) is 20.2. The molecule has 11 heteroatoms. The van der Waals surface area contributed by atoms with Crippen molar-refractivity contribution in [2.24, 2.45) is 0 Å². The molecule has 0 saturated carbocycles. The van der Waals surface area contributed by atoms with Crippen molar-refractivity contribution in [2.45, 2.75) is 0 Å². The first kappa shape index (κ1) is 22.4. The topological polar surface area (TPSA) is 182 Å². The van der Waals surface area contributed by atoms with Gasteiger partial charge in [-0.1, -0.05) is 0 Å². The van der Waals surface area contributed by atoms with Crippen molar-refractivity contribution in [1.29, 1.82) is 0 Å². The SMILES string of the molecule is N.O=P([O-])([O-])O.O=[N+]([O-])O.[Zn+2]. The molecular formula is H5N2O7PZn. The zero-order valence-electron chi connectivity index (χ0n) is 5.24. The first-order valence-corrected chi connectivity index (χ1v) is 2.81. The molecule has 0 aliphatic rings. The molecule has 0 aromatic heterocycles. The van der Waals surface area contributed by atoms with Gasteiger partial charge in [0, 0.05) is 0 Å². The van der Waals surface area contributed by atoms with Crippen molar-refractivity contribution in [3.63, 3.8) is 0 Å². The Morgan fingerprint density at radius 2 is 1.36 bits per heavy atom. The van der Waals surface area contributed by atoms with Crippen LogP contribution in [0.15, 0.2) is 0 Å². The van der Waals surface area contributed by atoms with E-state index in [1.807, 2.05) is 0 Å². The summed E-state index contributed by atoms with van der Waals surface area (Å²) in [6.45, 7) is 0. The minimum absolute atomic E-state index is 0. The maximum absolute atomic E-state index is 8.66. The van der Waals surface area contributed by atoms with E-state index in [2.05, 4.69) is 0 Å². The maximum atomic E-state index is 8.66. The van der Waals surface area contributed by atoms with Gasteiger partial charge < -0.3 is 30.6 Å². The third kappa shape index (κ3) is 54200. The Morgan fingerprint density at radius 3 is 1.36 bits per heavy atom. The van der Waals surface area contributed by atoms with Crippen LogP contribution in [0, 0.1) is 10.1 Å². The summed E-state index contributed by atoms with van der Waals surface area (Å²) < 4.78 is 8.66. The van der Waals surface area contributed by atoms with Gasteiger partial charge in [0.1, 0.15) is 0 Å². The molecule has 0 unspecified atom stereocenters. The van der Waals surface area contributed by atoms with Gasteiger partial charge in [-0.3, -0.25) is 0 Å². The predicted molar refractivity (Wildman–Crippen MR) is 23.6 cm³/mol. The van der Waals surface area contributed by atoms with E-state index in [-0.39, 0.29) is 25.6 Å². The van der Waals surface area contributed by atoms with Gasteiger partial charge in [-0.05, 0) is 0 Å². The van der Waals surface area contributed by atoms with E-state index in [0.717, 1.165) is 0 Å². The summed E-state index contributed by atoms with van der Waals surface area (Å²) in [6.07, 6.45) is 0. The average Bonchev–Trinajstić information content (AvgIpc) is 1.19. The second-order valence-corrected chi connectivity index (χ2v) is 1.64. The van der Waals surface area contributed by atoms with Gasteiger partial charge in [0.05, 0.1) is 7.82 Å². The van der Waals surface area contributed by atoms with Crippen LogP contribution in [-0.4, -0.2) is 15.2 Å². The van der Waals surface area contributed by atoms with Crippen LogP contribution in [-0.2, 0) is 24.0 Å². The minimum Gasteiger partial charge on any atom is -0.790 e. The van der Waals surface area contributed by atoms with E-state index in [4.69, 9.17) is 34.6 Å². The van der Waals surface area contributed by atoms with Gasteiger partial charge in [-0.15, -0.1) is 10.1 Å². The third-order valence-corrected chi connectivity index (χ3v) is 0. The van der Waals surface area contributed by atoms with Crippen LogP contribution in [0.25, 0.3) is 0 Å². The quantitative estimate of drug-likeness (QED) is 0.182. The van der Waals surface area contributed by atoms with E-state index in [9.17, 15) is 0 Å². The van der Waals surface area contributed by atoms with E-state index in [1.54, 1.807) is 0 Å². The van der Waals surface area contributed by atoms with Crippen molar-refractivity contribution in [3.05, 3.63) is 10.1 Å². The standard InChI is InChI=1S/HNO3.H3N.H3O4P.Zn/c2-1(3)4;;1-5(2,3)4;/h(H,2,3,4);1H3;(H3,1,2,3,4);/q;;;+2/p-2. The molecule has 0 bridgehead atoms. The zero-order valence-corrected chi connectivity index (χ0v) is 9.11. The summed E-state index contributed by atoms with van der Waals surface area (Å²) in [6, 6.07) is 0. The molecule has 0 amide bonds. The Labute approximate surface area is 73.7 Å². The fourth-order valence-corrected chi connectivity index (χ4v) is 0. The second-order valence-electron chi connectivity index (χ2n) is 0.706. The largest absolute Gasteiger partial charge is 2.00 e. The van der Waals surface area contributed by atoms with Crippen LogP contribution in [0.4, 0.5) is 0 Å². The normalized spacial score (nSPS) is 7.55. The Balaban J connectivity index is -0.0000000383. The Morgan fingerprint density at radius 1 is 1.36 bits per heavy atom. The molecule has 0 aliphatic carbocycles. The van der Waals surface area contributed by atoms with Gasteiger partial charge in [0.15, 0.2) is 0 Å². The van der Waals surface area contributed by atoms with Crippen molar-refractivity contribution in [2.75, 3.05) is 0 Å². The van der Waals surface area contributed by atoms with Crippen molar-refractivity contribution < 1.29 is 49.0 Å². The predicted octanol–water partition coefficient (Wildman–Crippen LogP) is -2.38. The summed E-state index contributed by atoms with van der Waals surface area (Å²) in [4.78, 5) is 32.6. The molecule has 0 aromatic carbocycles. The van der Waals surface area contributed by atoms with Crippen LogP contribution < -0.4 is 15.9 Å². The van der Waals surface area contributed by atoms with Crippen molar-refractivity contribution >= 4 is 7.82 Å². The number of hydrogen-bond donors (Lipinski definition) is 3. The first-order valence-electron chi connectivity index (χ1n) is 1.31. The summed E-state index contributed by atoms with van der Waals surface area (Å²) in [7, 11) is -5.14. The minimum atomic E-state index is -5.14. The van der Waals surface area contributed by atoms with Crippen LogP contribution in [0.5, 0.6) is 0 Å². The third-order valence-electron chi connectivity index (χ3n) is 0. The van der Waals surface area contributed by atoms with Crippen LogP contribution >= 0.6 is 7.82 Å². The van der Waals surface area contributed by atoms with Crippen LogP contribution in [0.1, 0.15) is 0 Å².